The molecule has 0 fully saturated rings. The van der Waals surface area contributed by atoms with E-state index in [1.165, 1.54) is 13.3 Å². The van der Waals surface area contributed by atoms with Crippen LogP contribution >= 0.6 is 0 Å². The molecule has 0 aliphatic carbocycles. The minimum absolute atomic E-state index is 0.00704. The van der Waals surface area contributed by atoms with Gasteiger partial charge in [-0.05, 0) is 54.3 Å². The van der Waals surface area contributed by atoms with Crippen molar-refractivity contribution in [1.29, 1.82) is 0 Å². The number of aromatic nitrogens is 4. The van der Waals surface area contributed by atoms with Crippen molar-refractivity contribution >= 4 is 23.1 Å². The van der Waals surface area contributed by atoms with E-state index in [0.717, 1.165) is 27.9 Å². The summed E-state index contributed by atoms with van der Waals surface area (Å²) in [6.07, 6.45) is 3.27. The average molecular weight is 475 g/mol. The van der Waals surface area contributed by atoms with Gasteiger partial charge in [-0.25, -0.2) is 9.97 Å². The molecule has 0 saturated carbocycles. The van der Waals surface area contributed by atoms with Gasteiger partial charge in [0.1, 0.15) is 23.6 Å². The van der Waals surface area contributed by atoms with Gasteiger partial charge in [0.25, 0.3) is 0 Å². The van der Waals surface area contributed by atoms with E-state index in [-0.39, 0.29) is 6.61 Å². The van der Waals surface area contributed by atoms with Crippen molar-refractivity contribution < 1.29 is 23.8 Å². The van der Waals surface area contributed by atoms with E-state index in [0.29, 0.717) is 22.8 Å². The van der Waals surface area contributed by atoms with Crippen LogP contribution in [0.4, 0.5) is 0 Å². The molecule has 3 aromatic heterocycles. The Hall–Kier alpha value is -4.27. The summed E-state index contributed by atoms with van der Waals surface area (Å²) in [5.41, 5.74) is 5.03. The molecule has 0 radical (unpaired) electrons. The molecule has 4 rings (SSSR count). The van der Waals surface area contributed by atoms with Crippen molar-refractivity contribution in [1.82, 2.24) is 19.5 Å². The third-order valence-electron chi connectivity index (χ3n) is 5.70. The number of methoxy groups -OCH3 is 2. The number of ether oxygens (including phenoxy) is 3. The molecule has 4 aromatic rings. The highest BCUT2D eigenvalue weighted by molar-refractivity contribution is 6.00. The minimum atomic E-state index is -1.26. The number of benzene rings is 1. The molecular formula is C26H26N4O5. The Morgan fingerprint density at radius 2 is 1.74 bits per heavy atom. The van der Waals surface area contributed by atoms with E-state index in [2.05, 4.69) is 15.0 Å². The first kappa shape index (κ1) is 23.9. The van der Waals surface area contributed by atoms with Crippen molar-refractivity contribution in [2.24, 2.45) is 7.05 Å². The highest BCUT2D eigenvalue weighted by atomic mass is 16.5. The zero-order valence-electron chi connectivity index (χ0n) is 20.2. The summed E-state index contributed by atoms with van der Waals surface area (Å²) in [7, 11) is 4.68. The predicted octanol–water partition coefficient (Wildman–Crippen LogP) is 3.66. The lowest BCUT2D eigenvalue weighted by Gasteiger charge is -2.16. The number of imidazole rings is 1. The molecule has 9 nitrogen and oxygen atoms in total. The van der Waals surface area contributed by atoms with Crippen LogP contribution in [0.25, 0.3) is 22.7 Å². The van der Waals surface area contributed by atoms with Gasteiger partial charge in [-0.3, -0.25) is 14.6 Å². The van der Waals surface area contributed by atoms with Crippen LogP contribution in [0.2, 0.25) is 0 Å². The first-order valence-corrected chi connectivity index (χ1v) is 11.0. The lowest BCUT2D eigenvalue weighted by molar-refractivity contribution is -0.156. The maximum Gasteiger partial charge on any atom is 0.325 e. The molecular weight excluding hydrogens is 448 g/mol. The number of aryl methyl sites for hydroxylation is 3. The first-order valence-electron chi connectivity index (χ1n) is 11.0. The van der Waals surface area contributed by atoms with Gasteiger partial charge in [-0.1, -0.05) is 18.2 Å². The second-order valence-corrected chi connectivity index (χ2v) is 8.20. The molecule has 1 aromatic carbocycles. The number of hydrogen-bond donors (Lipinski definition) is 0. The van der Waals surface area contributed by atoms with Gasteiger partial charge in [0.15, 0.2) is 17.4 Å². The molecule has 180 valence electrons. The van der Waals surface area contributed by atoms with Gasteiger partial charge in [-0.2, -0.15) is 0 Å². The number of carbonyl (C=O) groups is 2. The molecule has 0 N–H and O–H groups in total. The number of rotatable bonds is 7. The standard InChI is InChI=1S/C26H26N4O5/c1-15-10-20-23(28-12-15)30(3)24(29-20)22-16(2)11-18(13-27-22)21(25(31)34-5)26(32)35-14-17-6-8-19(33-4)9-7-17/h6-13,21H,14H2,1-5H3. The van der Waals surface area contributed by atoms with Crippen LogP contribution < -0.4 is 4.74 Å². The summed E-state index contributed by atoms with van der Waals surface area (Å²) in [6.45, 7) is 3.81. The van der Waals surface area contributed by atoms with Gasteiger partial charge in [-0.15, -0.1) is 0 Å². The third kappa shape index (κ3) is 4.84. The summed E-state index contributed by atoms with van der Waals surface area (Å²) in [5.74, 6) is -1.37. The van der Waals surface area contributed by atoms with Crippen LogP contribution in [0.15, 0.2) is 48.8 Å². The van der Waals surface area contributed by atoms with Gasteiger partial charge >= 0.3 is 11.9 Å². The van der Waals surface area contributed by atoms with Crippen molar-refractivity contribution in [2.75, 3.05) is 14.2 Å². The largest absolute Gasteiger partial charge is 0.497 e. The maximum atomic E-state index is 12.9. The fourth-order valence-electron chi connectivity index (χ4n) is 3.82. The minimum Gasteiger partial charge on any atom is -0.497 e. The Morgan fingerprint density at radius 1 is 1.00 bits per heavy atom. The van der Waals surface area contributed by atoms with E-state index in [1.807, 2.05) is 31.5 Å². The van der Waals surface area contributed by atoms with Crippen LogP contribution in [0.5, 0.6) is 5.75 Å². The third-order valence-corrected chi connectivity index (χ3v) is 5.70. The SMILES string of the molecule is COC(=O)C(C(=O)OCc1ccc(OC)cc1)c1cnc(-c2nc3cc(C)cnc3n2C)c(C)c1. The molecule has 0 aliphatic rings. The normalized spacial score (nSPS) is 11.8. The fraction of sp³-hybridized carbons (Fsp3) is 0.269. The first-order chi connectivity index (χ1) is 16.8. The zero-order valence-corrected chi connectivity index (χ0v) is 20.2. The summed E-state index contributed by atoms with van der Waals surface area (Å²) < 4.78 is 17.3. The van der Waals surface area contributed by atoms with Crippen molar-refractivity contribution in [3.63, 3.8) is 0 Å². The van der Waals surface area contributed by atoms with Gasteiger partial charge in [0.05, 0.1) is 14.2 Å². The van der Waals surface area contributed by atoms with Crippen molar-refractivity contribution in [3.8, 4) is 17.3 Å². The average Bonchev–Trinajstić information content (AvgIpc) is 3.18. The molecule has 0 amide bonds. The van der Waals surface area contributed by atoms with E-state index >= 15 is 0 Å². The molecule has 1 atom stereocenters. The van der Waals surface area contributed by atoms with Crippen LogP contribution in [0.1, 0.15) is 28.2 Å². The van der Waals surface area contributed by atoms with Gasteiger partial charge in [0.2, 0.25) is 0 Å². The lowest BCUT2D eigenvalue weighted by atomic mass is 9.98. The van der Waals surface area contributed by atoms with Crippen LogP contribution in [-0.4, -0.2) is 45.7 Å². The molecule has 35 heavy (non-hydrogen) atoms. The topological polar surface area (TPSA) is 105 Å². The summed E-state index contributed by atoms with van der Waals surface area (Å²) >= 11 is 0. The monoisotopic (exact) mass is 474 g/mol. The van der Waals surface area contributed by atoms with E-state index in [4.69, 9.17) is 14.2 Å². The fourth-order valence-corrected chi connectivity index (χ4v) is 3.82. The zero-order chi connectivity index (χ0) is 25.1. The summed E-state index contributed by atoms with van der Waals surface area (Å²) in [4.78, 5) is 39.1. The molecule has 3 heterocycles. The van der Waals surface area contributed by atoms with E-state index in [9.17, 15) is 9.59 Å². The Bertz CT molecular complexity index is 1400. The lowest BCUT2D eigenvalue weighted by Crippen LogP contribution is -2.25. The second kappa shape index (κ2) is 9.92. The highest BCUT2D eigenvalue weighted by Gasteiger charge is 2.32. The number of carbonyl (C=O) groups excluding carboxylic acids is 2. The Balaban J connectivity index is 1.60. The van der Waals surface area contributed by atoms with E-state index in [1.54, 1.807) is 43.6 Å². The van der Waals surface area contributed by atoms with Gasteiger partial charge in [0, 0.05) is 19.4 Å². The number of pyridine rings is 2. The predicted molar refractivity (Wildman–Crippen MR) is 129 cm³/mol. The van der Waals surface area contributed by atoms with Crippen LogP contribution in [-0.2, 0) is 32.7 Å². The molecule has 1 unspecified atom stereocenters. The Kier molecular flexibility index (Phi) is 6.77. The molecule has 0 bridgehead atoms. The highest BCUT2D eigenvalue weighted by Crippen LogP contribution is 2.28. The van der Waals surface area contributed by atoms with Crippen LogP contribution in [0.3, 0.4) is 0 Å². The summed E-state index contributed by atoms with van der Waals surface area (Å²) in [5, 5.41) is 0. The Labute approximate surface area is 202 Å². The van der Waals surface area contributed by atoms with E-state index < -0.39 is 17.9 Å². The summed E-state index contributed by atoms with van der Waals surface area (Å²) in [6, 6.07) is 10.8. The molecule has 0 spiro atoms. The number of esters is 2. The van der Waals surface area contributed by atoms with Gasteiger partial charge < -0.3 is 18.8 Å². The number of hydrogen-bond acceptors (Lipinski definition) is 8. The smallest absolute Gasteiger partial charge is 0.325 e. The second-order valence-electron chi connectivity index (χ2n) is 8.20. The molecule has 0 saturated heterocycles. The number of fused-ring (bicyclic) bond motifs is 1. The maximum absolute atomic E-state index is 12.9. The van der Waals surface area contributed by atoms with Crippen molar-refractivity contribution in [3.05, 3.63) is 71.0 Å². The quantitative estimate of drug-likeness (QED) is 0.295. The number of nitrogens with zero attached hydrogens (tertiary/aromatic N) is 4. The van der Waals surface area contributed by atoms with Crippen molar-refractivity contribution in [2.45, 2.75) is 26.4 Å². The molecule has 9 heteroatoms. The Morgan fingerprint density at radius 3 is 2.40 bits per heavy atom. The molecule has 0 aliphatic heterocycles. The van der Waals surface area contributed by atoms with Crippen LogP contribution in [0, 0.1) is 13.8 Å².